The van der Waals surface area contributed by atoms with Gasteiger partial charge >= 0.3 is 6.09 Å². The number of nitrogens with two attached hydrogens (primary N) is 1. The van der Waals surface area contributed by atoms with Gasteiger partial charge in [-0.2, -0.15) is 0 Å². The molecule has 240 valence electrons. The third kappa shape index (κ3) is 11.7. The molecule has 0 aliphatic heterocycles. The highest BCUT2D eigenvalue weighted by Crippen LogP contribution is 2.20. The Kier molecular flexibility index (Phi) is 13.6. The molecule has 3 unspecified atom stereocenters. The second kappa shape index (κ2) is 17.6. The number of aliphatic hydroxyl groups is 1. The Balaban J connectivity index is 1.74. The average Bonchev–Trinajstić information content (AvgIpc) is 3.03. The summed E-state index contributed by atoms with van der Waals surface area (Å²) in [5.74, 6) is -2.55. The van der Waals surface area contributed by atoms with E-state index in [4.69, 9.17) is 10.5 Å². The number of ether oxygens (including phenoxy) is 1. The zero-order chi connectivity index (χ0) is 32.8. The van der Waals surface area contributed by atoms with Crippen molar-refractivity contribution < 1.29 is 29.0 Å². The fraction of sp³-hybridized carbons (Fsp3) is 0.371. The number of hydrogen-bond acceptors (Lipinski definition) is 6. The van der Waals surface area contributed by atoms with Crippen molar-refractivity contribution in [2.24, 2.45) is 17.6 Å². The first-order valence-corrected chi connectivity index (χ1v) is 15.2. The molecule has 0 aliphatic carbocycles. The largest absolute Gasteiger partial charge is 0.445 e. The van der Waals surface area contributed by atoms with Gasteiger partial charge in [-0.25, -0.2) is 4.79 Å². The molecule has 0 heterocycles. The highest BCUT2D eigenvalue weighted by atomic mass is 16.5. The van der Waals surface area contributed by atoms with E-state index >= 15 is 0 Å². The molecule has 0 aliphatic rings. The SMILES string of the molecule is CC(NC(=O)OCc1ccccc1)C(=O)NC(Cc1ccccc1)[C@@H](O)C[C@@H](Cc1ccccc1)C(=O)NC(C(N)=O)C(C)C. The zero-order valence-electron chi connectivity index (χ0n) is 26.0. The summed E-state index contributed by atoms with van der Waals surface area (Å²) in [4.78, 5) is 51.2. The number of hydrogen-bond donors (Lipinski definition) is 5. The van der Waals surface area contributed by atoms with Gasteiger partial charge in [-0.05, 0) is 48.8 Å². The fourth-order valence-corrected chi connectivity index (χ4v) is 4.94. The minimum atomic E-state index is -1.16. The van der Waals surface area contributed by atoms with Crippen molar-refractivity contribution in [1.82, 2.24) is 16.0 Å². The van der Waals surface area contributed by atoms with Gasteiger partial charge in [-0.15, -0.1) is 0 Å². The monoisotopic (exact) mass is 616 g/mol. The van der Waals surface area contributed by atoms with Crippen LogP contribution in [0.5, 0.6) is 0 Å². The van der Waals surface area contributed by atoms with Gasteiger partial charge in [0.05, 0.1) is 12.1 Å². The quantitative estimate of drug-likeness (QED) is 0.166. The fourth-order valence-electron chi connectivity index (χ4n) is 4.94. The van der Waals surface area contributed by atoms with E-state index in [0.29, 0.717) is 6.42 Å². The van der Waals surface area contributed by atoms with Crippen molar-refractivity contribution in [3.63, 3.8) is 0 Å². The molecule has 10 heteroatoms. The molecule has 0 radical (unpaired) electrons. The van der Waals surface area contributed by atoms with Crippen LogP contribution in [-0.2, 0) is 38.6 Å². The summed E-state index contributed by atoms with van der Waals surface area (Å²) in [7, 11) is 0. The van der Waals surface area contributed by atoms with Gasteiger partial charge in [0.15, 0.2) is 0 Å². The van der Waals surface area contributed by atoms with E-state index in [2.05, 4.69) is 16.0 Å². The van der Waals surface area contributed by atoms with Crippen LogP contribution in [0.15, 0.2) is 91.0 Å². The maximum absolute atomic E-state index is 13.5. The van der Waals surface area contributed by atoms with Crippen LogP contribution >= 0.6 is 0 Å². The van der Waals surface area contributed by atoms with E-state index in [1.165, 1.54) is 6.92 Å². The Morgan fingerprint density at radius 1 is 0.711 bits per heavy atom. The molecule has 4 amide bonds. The van der Waals surface area contributed by atoms with Gasteiger partial charge in [-0.1, -0.05) is 105 Å². The Morgan fingerprint density at radius 2 is 1.22 bits per heavy atom. The number of alkyl carbamates (subject to hydrolysis) is 1. The average molecular weight is 617 g/mol. The van der Waals surface area contributed by atoms with E-state index in [1.54, 1.807) is 13.8 Å². The molecule has 10 nitrogen and oxygen atoms in total. The summed E-state index contributed by atoms with van der Waals surface area (Å²) in [6, 6.07) is 25.2. The van der Waals surface area contributed by atoms with E-state index in [-0.39, 0.29) is 25.4 Å². The minimum Gasteiger partial charge on any atom is -0.445 e. The number of carbonyl (C=O) groups excluding carboxylic acids is 4. The molecule has 0 bridgehead atoms. The van der Waals surface area contributed by atoms with Crippen LogP contribution in [0.25, 0.3) is 0 Å². The van der Waals surface area contributed by atoms with Crippen LogP contribution in [0.2, 0.25) is 0 Å². The van der Waals surface area contributed by atoms with Crippen LogP contribution in [0.4, 0.5) is 4.79 Å². The van der Waals surface area contributed by atoms with Gasteiger partial charge in [0.25, 0.3) is 0 Å². The number of nitrogens with one attached hydrogen (secondary N) is 3. The summed E-state index contributed by atoms with van der Waals surface area (Å²) >= 11 is 0. The Morgan fingerprint density at radius 3 is 1.73 bits per heavy atom. The van der Waals surface area contributed by atoms with Gasteiger partial charge in [0.1, 0.15) is 18.7 Å². The zero-order valence-corrected chi connectivity index (χ0v) is 26.0. The normalized spacial score (nSPS) is 14.3. The predicted octanol–water partition coefficient (Wildman–Crippen LogP) is 3.26. The van der Waals surface area contributed by atoms with Crippen molar-refractivity contribution in [3.8, 4) is 0 Å². The number of primary amides is 1. The van der Waals surface area contributed by atoms with E-state index < -0.39 is 54.0 Å². The maximum Gasteiger partial charge on any atom is 0.408 e. The molecule has 0 saturated carbocycles. The number of rotatable bonds is 16. The second-order valence-corrected chi connectivity index (χ2v) is 11.6. The molecule has 0 aromatic heterocycles. The number of aliphatic hydroxyl groups excluding tert-OH is 1. The Bertz CT molecular complexity index is 1370. The second-order valence-electron chi connectivity index (χ2n) is 11.6. The molecule has 0 fully saturated rings. The molecule has 3 aromatic carbocycles. The van der Waals surface area contributed by atoms with Crippen LogP contribution in [-0.4, -0.2) is 53.2 Å². The molecule has 6 N–H and O–H groups in total. The van der Waals surface area contributed by atoms with E-state index in [0.717, 1.165) is 16.7 Å². The van der Waals surface area contributed by atoms with Crippen molar-refractivity contribution in [1.29, 1.82) is 0 Å². The van der Waals surface area contributed by atoms with Crippen LogP contribution in [0.1, 0.15) is 43.9 Å². The van der Waals surface area contributed by atoms with Gasteiger partial charge in [-0.3, -0.25) is 14.4 Å². The van der Waals surface area contributed by atoms with Gasteiger partial charge in [0, 0.05) is 5.92 Å². The van der Waals surface area contributed by atoms with Gasteiger partial charge < -0.3 is 31.5 Å². The molecule has 0 spiro atoms. The van der Waals surface area contributed by atoms with Crippen LogP contribution < -0.4 is 21.7 Å². The van der Waals surface area contributed by atoms with Crippen LogP contribution in [0.3, 0.4) is 0 Å². The van der Waals surface area contributed by atoms with E-state index in [1.807, 2.05) is 91.0 Å². The van der Waals surface area contributed by atoms with Crippen LogP contribution in [0, 0.1) is 11.8 Å². The lowest BCUT2D eigenvalue weighted by Gasteiger charge is -2.29. The topological polar surface area (TPSA) is 160 Å². The first-order chi connectivity index (χ1) is 21.5. The lowest BCUT2D eigenvalue weighted by Crippen LogP contribution is -2.53. The number of amides is 4. The molecule has 45 heavy (non-hydrogen) atoms. The third-order valence-corrected chi connectivity index (χ3v) is 7.52. The molecule has 3 rings (SSSR count). The summed E-state index contributed by atoms with van der Waals surface area (Å²) in [5, 5.41) is 19.7. The van der Waals surface area contributed by atoms with Crippen molar-refractivity contribution >= 4 is 23.8 Å². The lowest BCUT2D eigenvalue weighted by molar-refractivity contribution is -0.131. The predicted molar refractivity (Wildman–Crippen MR) is 172 cm³/mol. The summed E-state index contributed by atoms with van der Waals surface area (Å²) in [5.41, 5.74) is 8.10. The number of benzene rings is 3. The van der Waals surface area contributed by atoms with Crippen molar-refractivity contribution in [3.05, 3.63) is 108 Å². The van der Waals surface area contributed by atoms with Crippen molar-refractivity contribution in [2.45, 2.75) is 70.9 Å². The van der Waals surface area contributed by atoms with E-state index in [9.17, 15) is 24.3 Å². The highest BCUT2D eigenvalue weighted by Gasteiger charge is 2.32. The molecule has 5 atom stereocenters. The summed E-state index contributed by atoms with van der Waals surface area (Å²) in [6.45, 7) is 5.14. The standard InChI is InChI=1S/C35H44N4O6/c1-23(2)31(32(36)41)39-34(43)28(19-25-13-7-4-8-14-25)21-30(40)29(20-26-15-9-5-10-16-26)38-33(42)24(3)37-35(44)45-22-27-17-11-6-12-18-27/h4-18,23-24,28-31,40H,19-22H2,1-3H3,(H2,36,41)(H,37,44)(H,38,42)(H,39,43)/t24?,28-,29?,30+,31?/m1/s1. The first kappa shape index (κ1) is 34.8. The van der Waals surface area contributed by atoms with Gasteiger partial charge in [0.2, 0.25) is 17.7 Å². The van der Waals surface area contributed by atoms with Crippen molar-refractivity contribution in [2.75, 3.05) is 0 Å². The summed E-state index contributed by atoms with van der Waals surface area (Å²) < 4.78 is 5.24. The first-order valence-electron chi connectivity index (χ1n) is 15.2. The Hall–Kier alpha value is -4.70. The molecular formula is C35H44N4O6. The summed E-state index contributed by atoms with van der Waals surface area (Å²) in [6.07, 6.45) is -1.35. The number of carbonyl (C=O) groups is 4. The highest BCUT2D eigenvalue weighted by molar-refractivity contribution is 5.88. The molecule has 0 saturated heterocycles. The molecule has 3 aromatic rings. The smallest absolute Gasteiger partial charge is 0.408 e. The lowest BCUT2D eigenvalue weighted by atomic mass is 9.88. The minimum absolute atomic E-state index is 0.0109. The maximum atomic E-state index is 13.5. The molecular weight excluding hydrogens is 572 g/mol. The Labute approximate surface area is 264 Å². The third-order valence-electron chi connectivity index (χ3n) is 7.52.